The fourth-order valence-corrected chi connectivity index (χ4v) is 4.33. The van der Waals surface area contributed by atoms with Crippen LogP contribution in [-0.2, 0) is 6.54 Å². The van der Waals surface area contributed by atoms with Crippen molar-refractivity contribution < 1.29 is 4.79 Å². The smallest absolute Gasteiger partial charge is 0.251 e. The second kappa shape index (κ2) is 10.2. The van der Waals surface area contributed by atoms with E-state index in [1.165, 1.54) is 0 Å². The molecule has 3 aromatic carbocycles. The summed E-state index contributed by atoms with van der Waals surface area (Å²) in [6, 6.07) is 33.3. The van der Waals surface area contributed by atoms with Crippen molar-refractivity contribution in [2.24, 2.45) is 0 Å². The maximum Gasteiger partial charge on any atom is 0.251 e. The fourth-order valence-electron chi connectivity index (χ4n) is 3.54. The summed E-state index contributed by atoms with van der Waals surface area (Å²) in [7, 11) is 0. The largest absolute Gasteiger partial charge is 0.346 e. The van der Waals surface area contributed by atoms with Crippen molar-refractivity contribution >= 4 is 35.5 Å². The Morgan fingerprint density at radius 3 is 2.24 bits per heavy atom. The third kappa shape index (κ3) is 5.08. The zero-order chi connectivity index (χ0) is 23.2. The highest BCUT2D eigenvalue weighted by molar-refractivity contribution is 7.99. The van der Waals surface area contributed by atoms with E-state index in [9.17, 15) is 4.79 Å². The van der Waals surface area contributed by atoms with Gasteiger partial charge >= 0.3 is 0 Å². The molecular formula is C28H22N4OS. The maximum atomic E-state index is 12.7. The molecule has 0 unspecified atom stereocenters. The normalized spacial score (nSPS) is 11.2. The van der Waals surface area contributed by atoms with Gasteiger partial charge in [-0.05, 0) is 48.0 Å². The van der Waals surface area contributed by atoms with Crippen LogP contribution in [0.1, 0.15) is 27.3 Å². The molecule has 0 aliphatic heterocycles. The average Bonchev–Trinajstić information content (AvgIpc) is 3.24. The molecule has 5 nitrogen and oxygen atoms in total. The molecule has 2 heterocycles. The number of hydrogen-bond donors (Lipinski definition) is 1. The van der Waals surface area contributed by atoms with Crippen molar-refractivity contribution in [1.29, 1.82) is 0 Å². The molecular weight excluding hydrogens is 440 g/mol. The predicted octanol–water partition coefficient (Wildman–Crippen LogP) is 5.98. The van der Waals surface area contributed by atoms with Gasteiger partial charge in [0, 0.05) is 10.5 Å². The number of aromatic nitrogens is 3. The van der Waals surface area contributed by atoms with Gasteiger partial charge in [0.25, 0.3) is 5.91 Å². The summed E-state index contributed by atoms with van der Waals surface area (Å²) in [6.07, 6.45) is 3.99. The van der Waals surface area contributed by atoms with Crippen LogP contribution < -0.4 is 5.32 Å². The van der Waals surface area contributed by atoms with Gasteiger partial charge in [-0.15, -0.1) is 0 Å². The summed E-state index contributed by atoms with van der Waals surface area (Å²) in [5.41, 5.74) is 4.01. The van der Waals surface area contributed by atoms with Crippen molar-refractivity contribution in [1.82, 2.24) is 19.9 Å². The van der Waals surface area contributed by atoms with Crippen molar-refractivity contribution in [3.8, 4) is 0 Å². The standard InChI is InChI=1S/C28H22N4OS/c33-28(22-12-6-2-7-13-22)29-20-25-24(17-16-21-10-4-1-5-11-21)30-26-18-19-27(31-32(25)26)34-23-14-8-3-9-15-23/h1-19H,20H2,(H,29,33)/b17-16+. The molecule has 166 valence electrons. The molecule has 0 spiro atoms. The van der Waals surface area contributed by atoms with E-state index in [1.54, 1.807) is 23.9 Å². The monoisotopic (exact) mass is 462 g/mol. The van der Waals surface area contributed by atoms with Crippen molar-refractivity contribution in [2.75, 3.05) is 0 Å². The van der Waals surface area contributed by atoms with E-state index >= 15 is 0 Å². The number of rotatable bonds is 7. The molecule has 5 rings (SSSR count). The van der Waals surface area contributed by atoms with Crippen LogP contribution >= 0.6 is 11.8 Å². The zero-order valence-corrected chi connectivity index (χ0v) is 19.2. The van der Waals surface area contributed by atoms with E-state index in [0.717, 1.165) is 32.5 Å². The second-order valence-electron chi connectivity index (χ2n) is 7.59. The van der Waals surface area contributed by atoms with Crippen LogP contribution in [0.25, 0.3) is 17.8 Å². The highest BCUT2D eigenvalue weighted by Crippen LogP contribution is 2.26. The van der Waals surface area contributed by atoms with Gasteiger partial charge in [-0.25, -0.2) is 9.50 Å². The summed E-state index contributed by atoms with van der Waals surface area (Å²) in [5, 5.41) is 8.70. The SMILES string of the molecule is O=C(NCc1c(/C=C/c2ccccc2)nc2ccc(Sc3ccccc3)nn12)c1ccccc1. The highest BCUT2D eigenvalue weighted by Gasteiger charge is 2.14. The van der Waals surface area contributed by atoms with E-state index in [4.69, 9.17) is 10.1 Å². The molecule has 0 radical (unpaired) electrons. The molecule has 0 bridgehead atoms. The number of hydrogen-bond acceptors (Lipinski definition) is 4. The highest BCUT2D eigenvalue weighted by atomic mass is 32.2. The predicted molar refractivity (Wildman–Crippen MR) is 137 cm³/mol. The van der Waals surface area contributed by atoms with Crippen molar-refractivity contribution in [2.45, 2.75) is 16.5 Å². The van der Waals surface area contributed by atoms with Crippen LogP contribution in [0.4, 0.5) is 0 Å². The van der Waals surface area contributed by atoms with Crippen LogP contribution in [0.5, 0.6) is 0 Å². The Morgan fingerprint density at radius 2 is 1.50 bits per heavy atom. The van der Waals surface area contributed by atoms with Crippen LogP contribution in [-0.4, -0.2) is 20.5 Å². The minimum absolute atomic E-state index is 0.136. The quantitative estimate of drug-likeness (QED) is 0.323. The molecule has 5 aromatic rings. The lowest BCUT2D eigenvalue weighted by Gasteiger charge is -2.07. The van der Waals surface area contributed by atoms with Crippen LogP contribution in [0.3, 0.4) is 0 Å². The Labute approximate surface area is 202 Å². The Kier molecular flexibility index (Phi) is 6.49. The Hall–Kier alpha value is -4.16. The van der Waals surface area contributed by atoms with Crippen LogP contribution in [0.15, 0.2) is 113 Å². The van der Waals surface area contributed by atoms with E-state index in [1.807, 2.05) is 95.5 Å². The summed E-state index contributed by atoms with van der Waals surface area (Å²) < 4.78 is 1.82. The third-order valence-electron chi connectivity index (χ3n) is 5.23. The summed E-state index contributed by atoms with van der Waals surface area (Å²) in [4.78, 5) is 18.6. The van der Waals surface area contributed by atoms with Crippen molar-refractivity contribution in [3.63, 3.8) is 0 Å². The number of carbonyl (C=O) groups excluding carboxylic acids is 1. The summed E-state index contributed by atoms with van der Waals surface area (Å²) in [5.74, 6) is -0.136. The van der Waals surface area contributed by atoms with Crippen LogP contribution in [0.2, 0.25) is 0 Å². The fraction of sp³-hybridized carbons (Fsp3) is 0.0357. The Bertz CT molecular complexity index is 1430. The minimum atomic E-state index is -0.136. The molecule has 0 fully saturated rings. The number of nitrogens with zero attached hydrogens (tertiary/aromatic N) is 3. The first-order valence-electron chi connectivity index (χ1n) is 10.9. The molecule has 0 saturated carbocycles. The number of fused-ring (bicyclic) bond motifs is 1. The molecule has 6 heteroatoms. The first-order valence-corrected chi connectivity index (χ1v) is 11.8. The van der Waals surface area contributed by atoms with E-state index in [-0.39, 0.29) is 5.91 Å². The molecule has 0 aliphatic rings. The number of benzene rings is 3. The summed E-state index contributed by atoms with van der Waals surface area (Å²) in [6.45, 7) is 0.301. The summed E-state index contributed by atoms with van der Waals surface area (Å²) >= 11 is 1.59. The van der Waals surface area contributed by atoms with Crippen LogP contribution in [0, 0.1) is 0 Å². The molecule has 34 heavy (non-hydrogen) atoms. The van der Waals surface area contributed by atoms with Gasteiger partial charge in [-0.3, -0.25) is 4.79 Å². The third-order valence-corrected chi connectivity index (χ3v) is 6.16. The molecule has 0 atom stereocenters. The van der Waals surface area contributed by atoms with E-state index in [2.05, 4.69) is 17.4 Å². The van der Waals surface area contributed by atoms with E-state index < -0.39 is 0 Å². The average molecular weight is 463 g/mol. The van der Waals surface area contributed by atoms with Gasteiger partial charge in [0.2, 0.25) is 0 Å². The van der Waals surface area contributed by atoms with Gasteiger partial charge < -0.3 is 5.32 Å². The van der Waals surface area contributed by atoms with Gasteiger partial charge in [0.15, 0.2) is 5.65 Å². The first kappa shape index (κ1) is 21.7. The molecule has 0 saturated heterocycles. The minimum Gasteiger partial charge on any atom is -0.346 e. The number of amides is 1. The van der Waals surface area contributed by atoms with Gasteiger partial charge in [-0.2, -0.15) is 5.10 Å². The number of carbonyl (C=O) groups is 1. The first-order chi connectivity index (χ1) is 16.8. The Morgan fingerprint density at radius 1 is 0.824 bits per heavy atom. The lowest BCUT2D eigenvalue weighted by atomic mass is 10.2. The lowest BCUT2D eigenvalue weighted by Crippen LogP contribution is -2.24. The topological polar surface area (TPSA) is 59.3 Å². The lowest BCUT2D eigenvalue weighted by molar-refractivity contribution is 0.0950. The van der Waals surface area contributed by atoms with Gasteiger partial charge in [0.05, 0.1) is 17.9 Å². The van der Waals surface area contributed by atoms with Gasteiger partial charge in [-0.1, -0.05) is 84.6 Å². The second-order valence-corrected chi connectivity index (χ2v) is 8.69. The Balaban J connectivity index is 1.48. The van der Waals surface area contributed by atoms with E-state index in [0.29, 0.717) is 12.1 Å². The zero-order valence-electron chi connectivity index (χ0n) is 18.3. The number of nitrogens with one attached hydrogen (secondary N) is 1. The van der Waals surface area contributed by atoms with Gasteiger partial charge in [0.1, 0.15) is 5.03 Å². The maximum absolute atomic E-state index is 12.7. The molecule has 0 aliphatic carbocycles. The molecule has 2 aromatic heterocycles. The molecule has 1 N–H and O–H groups in total. The number of imidazole rings is 1. The van der Waals surface area contributed by atoms with Crippen molar-refractivity contribution in [3.05, 3.63) is 126 Å². The molecule has 1 amide bonds.